The van der Waals surface area contributed by atoms with E-state index in [2.05, 4.69) is 53.8 Å². The van der Waals surface area contributed by atoms with Gasteiger partial charge >= 0.3 is 0 Å². The molecule has 2 aromatic rings. The van der Waals surface area contributed by atoms with Gasteiger partial charge in [-0.3, -0.25) is 0 Å². The summed E-state index contributed by atoms with van der Waals surface area (Å²) in [6.45, 7) is 6.12. The van der Waals surface area contributed by atoms with Crippen molar-refractivity contribution in [1.82, 2.24) is 9.97 Å². The molecule has 2 heteroatoms. The molecule has 0 N–H and O–H groups in total. The van der Waals surface area contributed by atoms with Gasteiger partial charge in [0.25, 0.3) is 0 Å². The van der Waals surface area contributed by atoms with Crippen molar-refractivity contribution >= 4 is 0 Å². The van der Waals surface area contributed by atoms with Crippen LogP contribution >= 0.6 is 0 Å². The number of allylic oxidation sites excluding steroid dienone is 1. The Balaban J connectivity index is 1.37. The van der Waals surface area contributed by atoms with Crippen LogP contribution in [0, 0.1) is 5.92 Å². The number of hydrogen-bond donors (Lipinski definition) is 0. The van der Waals surface area contributed by atoms with E-state index in [1.165, 1.54) is 114 Å². The molecule has 2 nitrogen and oxygen atoms in total. The molecule has 0 bridgehead atoms. The predicted molar refractivity (Wildman–Crippen MR) is 147 cm³/mol. The Kier molecular flexibility index (Phi) is 12.4. The molecule has 1 aliphatic rings. The molecule has 1 heterocycles. The largest absolute Gasteiger partial charge is 0.236 e. The van der Waals surface area contributed by atoms with Crippen LogP contribution in [0.25, 0.3) is 11.4 Å². The molecule has 1 fully saturated rings. The van der Waals surface area contributed by atoms with Crippen LogP contribution in [0.3, 0.4) is 0 Å². The van der Waals surface area contributed by atoms with Gasteiger partial charge in [0.15, 0.2) is 5.82 Å². The fourth-order valence-corrected chi connectivity index (χ4v) is 5.51. The van der Waals surface area contributed by atoms with Gasteiger partial charge in [-0.1, -0.05) is 95.1 Å². The minimum Gasteiger partial charge on any atom is -0.236 e. The normalized spacial score (nSPS) is 18.1. The summed E-state index contributed by atoms with van der Waals surface area (Å²) in [7, 11) is 0. The van der Waals surface area contributed by atoms with Crippen molar-refractivity contribution in [2.24, 2.45) is 5.92 Å². The third-order valence-corrected chi connectivity index (χ3v) is 7.78. The molecule has 0 radical (unpaired) electrons. The highest BCUT2D eigenvalue weighted by Gasteiger charge is 2.22. The first-order chi connectivity index (χ1) is 16.8. The number of hydrogen-bond acceptors (Lipinski definition) is 2. The Morgan fingerprint density at radius 1 is 0.794 bits per heavy atom. The summed E-state index contributed by atoms with van der Waals surface area (Å²) in [6.07, 6.45) is 28.8. The third kappa shape index (κ3) is 9.35. The first kappa shape index (κ1) is 26.6. The lowest BCUT2D eigenvalue weighted by Gasteiger charge is -2.29. The minimum absolute atomic E-state index is 0.730. The highest BCUT2D eigenvalue weighted by Crippen LogP contribution is 2.38. The van der Waals surface area contributed by atoms with Gasteiger partial charge in [-0.2, -0.15) is 0 Å². The lowest BCUT2D eigenvalue weighted by molar-refractivity contribution is 0.303. The first-order valence-electron chi connectivity index (χ1n) is 14.3. The summed E-state index contributed by atoms with van der Waals surface area (Å²) in [6, 6.07) is 9.10. The fourth-order valence-electron chi connectivity index (χ4n) is 5.51. The fraction of sp³-hybridized carbons (Fsp3) is 0.625. The van der Waals surface area contributed by atoms with E-state index >= 15 is 0 Å². The minimum atomic E-state index is 0.730. The maximum Gasteiger partial charge on any atom is 0.159 e. The highest BCUT2D eigenvalue weighted by molar-refractivity contribution is 5.55. The molecule has 1 aromatic carbocycles. The molecule has 3 rings (SSSR count). The second kappa shape index (κ2) is 15.8. The maximum absolute atomic E-state index is 4.67. The molecule has 0 atom stereocenters. The van der Waals surface area contributed by atoms with Crippen molar-refractivity contribution in [2.75, 3.05) is 0 Å². The molecule has 34 heavy (non-hydrogen) atoms. The van der Waals surface area contributed by atoms with Crippen LogP contribution in [0.5, 0.6) is 0 Å². The Morgan fingerprint density at radius 2 is 1.44 bits per heavy atom. The zero-order chi connectivity index (χ0) is 23.8. The molecule has 0 unspecified atom stereocenters. The molecule has 0 aliphatic heterocycles. The number of unbranched alkanes of at least 4 members (excludes halogenated alkanes) is 9. The van der Waals surface area contributed by atoms with Crippen LogP contribution < -0.4 is 0 Å². The summed E-state index contributed by atoms with van der Waals surface area (Å²) in [4.78, 5) is 9.35. The number of benzene rings is 1. The first-order valence-corrected chi connectivity index (χ1v) is 14.3. The molecule has 0 amide bonds. The van der Waals surface area contributed by atoms with E-state index in [1.54, 1.807) is 0 Å². The molecule has 0 spiro atoms. The second-order valence-corrected chi connectivity index (χ2v) is 10.6. The Morgan fingerprint density at radius 3 is 2.09 bits per heavy atom. The topological polar surface area (TPSA) is 25.8 Å². The van der Waals surface area contributed by atoms with Gasteiger partial charge in [0.05, 0.1) is 0 Å². The standard InChI is InChI=1S/C32H48N2/c1-3-5-7-9-10-11-12-14-16-28-25-33-32(34-26-28)31-23-21-30(22-24-31)29-19-17-27(18-20-29)15-13-8-6-4-2/h4,21-27,29H,2-3,5-20H2,1H3. The SMILES string of the molecule is C=CCCCCC1CCC(c2ccc(-c3ncc(CCCCCCCCCC)cn3)cc2)CC1. The molecular weight excluding hydrogens is 412 g/mol. The van der Waals surface area contributed by atoms with Crippen LogP contribution in [0.4, 0.5) is 0 Å². The monoisotopic (exact) mass is 460 g/mol. The van der Waals surface area contributed by atoms with Crippen LogP contribution in [0.1, 0.15) is 127 Å². The Bertz CT molecular complexity index is 785. The van der Waals surface area contributed by atoms with E-state index < -0.39 is 0 Å². The molecule has 1 saturated carbocycles. The molecule has 186 valence electrons. The van der Waals surface area contributed by atoms with Crippen molar-refractivity contribution < 1.29 is 0 Å². The summed E-state index contributed by atoms with van der Waals surface area (Å²) in [5.74, 6) is 2.53. The van der Waals surface area contributed by atoms with Gasteiger partial charge < -0.3 is 0 Å². The molecule has 1 aliphatic carbocycles. The third-order valence-electron chi connectivity index (χ3n) is 7.78. The van der Waals surface area contributed by atoms with Crippen LogP contribution in [0.15, 0.2) is 49.3 Å². The smallest absolute Gasteiger partial charge is 0.159 e. The van der Waals surface area contributed by atoms with E-state index in [4.69, 9.17) is 0 Å². The van der Waals surface area contributed by atoms with Crippen molar-refractivity contribution in [3.63, 3.8) is 0 Å². The van der Waals surface area contributed by atoms with Crippen LogP contribution in [0.2, 0.25) is 0 Å². The Hall–Kier alpha value is -1.96. The van der Waals surface area contributed by atoms with Gasteiger partial charge in [-0.25, -0.2) is 9.97 Å². The van der Waals surface area contributed by atoms with E-state index in [-0.39, 0.29) is 0 Å². The van der Waals surface area contributed by atoms with Crippen LogP contribution in [-0.2, 0) is 6.42 Å². The van der Waals surface area contributed by atoms with Crippen molar-refractivity contribution in [2.45, 2.75) is 122 Å². The van der Waals surface area contributed by atoms with E-state index in [9.17, 15) is 0 Å². The summed E-state index contributed by atoms with van der Waals surface area (Å²) in [5, 5.41) is 0. The zero-order valence-corrected chi connectivity index (χ0v) is 21.8. The molecule has 1 aromatic heterocycles. The number of nitrogens with zero attached hydrogens (tertiary/aromatic N) is 2. The lowest BCUT2D eigenvalue weighted by Crippen LogP contribution is -2.13. The van der Waals surface area contributed by atoms with E-state index in [0.717, 1.165) is 29.6 Å². The van der Waals surface area contributed by atoms with Gasteiger partial charge in [0, 0.05) is 18.0 Å². The second-order valence-electron chi connectivity index (χ2n) is 10.6. The number of aromatic nitrogens is 2. The Labute approximate surface area is 209 Å². The van der Waals surface area contributed by atoms with Crippen LogP contribution in [-0.4, -0.2) is 9.97 Å². The van der Waals surface area contributed by atoms with Crippen molar-refractivity contribution in [1.29, 1.82) is 0 Å². The quantitative estimate of drug-likeness (QED) is 0.184. The van der Waals surface area contributed by atoms with E-state index in [0.29, 0.717) is 0 Å². The van der Waals surface area contributed by atoms with Gasteiger partial charge in [0.1, 0.15) is 0 Å². The predicted octanol–water partition coefficient (Wildman–Crippen LogP) is 9.85. The maximum atomic E-state index is 4.67. The van der Waals surface area contributed by atoms with E-state index in [1.807, 2.05) is 12.4 Å². The van der Waals surface area contributed by atoms with Gasteiger partial charge in [-0.15, -0.1) is 6.58 Å². The van der Waals surface area contributed by atoms with Gasteiger partial charge in [-0.05, 0) is 74.3 Å². The summed E-state index contributed by atoms with van der Waals surface area (Å²) in [5.41, 5.74) is 3.91. The van der Waals surface area contributed by atoms with Gasteiger partial charge in [0.2, 0.25) is 0 Å². The van der Waals surface area contributed by atoms with Crippen molar-refractivity contribution in [3.05, 3.63) is 60.4 Å². The summed E-state index contributed by atoms with van der Waals surface area (Å²) >= 11 is 0. The molecule has 0 saturated heterocycles. The number of aryl methyl sites for hydroxylation is 1. The zero-order valence-electron chi connectivity index (χ0n) is 21.8. The average molecular weight is 461 g/mol. The van der Waals surface area contributed by atoms with Crippen molar-refractivity contribution in [3.8, 4) is 11.4 Å². The lowest BCUT2D eigenvalue weighted by atomic mass is 9.77. The molecular formula is C32H48N2. The summed E-state index contributed by atoms with van der Waals surface area (Å²) < 4.78 is 0. The number of rotatable bonds is 16. The highest BCUT2D eigenvalue weighted by atomic mass is 14.9. The average Bonchev–Trinajstić information content (AvgIpc) is 2.89.